The van der Waals surface area contributed by atoms with Gasteiger partial charge in [0.2, 0.25) is 0 Å². The van der Waals surface area contributed by atoms with E-state index in [9.17, 15) is 4.79 Å². The van der Waals surface area contributed by atoms with Gasteiger partial charge in [-0.3, -0.25) is 4.79 Å². The van der Waals surface area contributed by atoms with Gasteiger partial charge in [-0.15, -0.1) is 0 Å². The van der Waals surface area contributed by atoms with Crippen LogP contribution in [-0.4, -0.2) is 37.6 Å². The normalized spacial score (nSPS) is 25.2. The topological polar surface area (TPSA) is 29.5 Å². The summed E-state index contributed by atoms with van der Waals surface area (Å²) in [6, 6.07) is 0. The zero-order chi connectivity index (χ0) is 9.68. The molecule has 1 fully saturated rings. The van der Waals surface area contributed by atoms with Gasteiger partial charge in [-0.1, -0.05) is 0 Å². The molecule has 0 radical (unpaired) electrons. The summed E-state index contributed by atoms with van der Waals surface area (Å²) in [7, 11) is 2.10. The van der Waals surface area contributed by atoms with Crippen LogP contribution < -0.4 is 0 Å². The molecule has 0 aliphatic carbocycles. The molecular formula is C10H19NO2. The van der Waals surface area contributed by atoms with Crippen molar-refractivity contribution in [3.63, 3.8) is 0 Å². The highest BCUT2D eigenvalue weighted by molar-refractivity contribution is 5.72. The Morgan fingerprint density at radius 2 is 2.23 bits per heavy atom. The molecule has 3 heteroatoms. The second kappa shape index (κ2) is 5.22. The van der Waals surface area contributed by atoms with Crippen molar-refractivity contribution in [2.45, 2.75) is 26.2 Å². The Kier molecular flexibility index (Phi) is 4.22. The predicted octanol–water partition coefficient (Wildman–Crippen LogP) is 1.28. The van der Waals surface area contributed by atoms with E-state index in [0.29, 0.717) is 6.61 Å². The lowest BCUT2D eigenvalue weighted by atomic mass is 10.0. The predicted molar refractivity (Wildman–Crippen MR) is 51.5 cm³/mol. The van der Waals surface area contributed by atoms with Gasteiger partial charge in [0.25, 0.3) is 0 Å². The Bertz CT molecular complexity index is 170. The smallest absolute Gasteiger partial charge is 0.308 e. The maximum Gasteiger partial charge on any atom is 0.308 e. The van der Waals surface area contributed by atoms with Gasteiger partial charge >= 0.3 is 5.97 Å². The largest absolute Gasteiger partial charge is 0.466 e. The van der Waals surface area contributed by atoms with Crippen molar-refractivity contribution in [2.75, 3.05) is 26.7 Å². The second-order valence-electron chi connectivity index (χ2n) is 3.68. The lowest BCUT2D eigenvalue weighted by Gasteiger charge is -2.13. The molecule has 0 aromatic heterocycles. The molecule has 1 unspecified atom stereocenters. The summed E-state index contributed by atoms with van der Waals surface area (Å²) in [5, 5.41) is 0. The molecule has 1 saturated heterocycles. The Hall–Kier alpha value is -0.570. The molecule has 3 nitrogen and oxygen atoms in total. The van der Waals surface area contributed by atoms with Crippen LogP contribution in [-0.2, 0) is 9.53 Å². The first-order valence-electron chi connectivity index (χ1n) is 5.09. The van der Waals surface area contributed by atoms with Crippen LogP contribution in [0.1, 0.15) is 26.2 Å². The molecule has 0 spiro atoms. The van der Waals surface area contributed by atoms with Crippen molar-refractivity contribution >= 4 is 5.97 Å². The molecule has 1 aliphatic rings. The van der Waals surface area contributed by atoms with E-state index in [0.717, 1.165) is 32.4 Å². The Balaban J connectivity index is 2.37. The minimum Gasteiger partial charge on any atom is -0.466 e. The van der Waals surface area contributed by atoms with Gasteiger partial charge in [0, 0.05) is 0 Å². The standard InChI is InChI=1S/C10H19NO2/c1-3-13-10(12)9-5-4-7-11(2)8-6-9/h9H,3-8H2,1-2H3. The fourth-order valence-electron chi connectivity index (χ4n) is 1.74. The van der Waals surface area contributed by atoms with Crippen molar-refractivity contribution in [3.8, 4) is 0 Å². The van der Waals surface area contributed by atoms with E-state index in [1.807, 2.05) is 6.92 Å². The Morgan fingerprint density at radius 1 is 1.46 bits per heavy atom. The van der Waals surface area contributed by atoms with E-state index < -0.39 is 0 Å². The summed E-state index contributed by atoms with van der Waals surface area (Å²) in [6.07, 6.45) is 3.05. The van der Waals surface area contributed by atoms with Crippen molar-refractivity contribution in [1.29, 1.82) is 0 Å². The van der Waals surface area contributed by atoms with Crippen LogP contribution in [0.5, 0.6) is 0 Å². The molecule has 13 heavy (non-hydrogen) atoms. The van der Waals surface area contributed by atoms with Crippen LogP contribution in [0.25, 0.3) is 0 Å². The van der Waals surface area contributed by atoms with Gasteiger partial charge in [0.15, 0.2) is 0 Å². The fourth-order valence-corrected chi connectivity index (χ4v) is 1.74. The molecule has 1 aliphatic heterocycles. The summed E-state index contributed by atoms with van der Waals surface area (Å²) < 4.78 is 5.01. The molecular weight excluding hydrogens is 166 g/mol. The Morgan fingerprint density at radius 3 is 2.92 bits per heavy atom. The van der Waals surface area contributed by atoms with E-state index in [1.165, 1.54) is 0 Å². The maximum atomic E-state index is 11.4. The number of carbonyl (C=O) groups is 1. The lowest BCUT2D eigenvalue weighted by Crippen LogP contribution is -2.21. The molecule has 76 valence electrons. The summed E-state index contributed by atoms with van der Waals surface area (Å²) in [6.45, 7) is 4.49. The highest BCUT2D eigenvalue weighted by Gasteiger charge is 2.22. The molecule has 1 atom stereocenters. The number of likely N-dealkylation sites (tertiary alicyclic amines) is 1. The maximum absolute atomic E-state index is 11.4. The molecule has 0 bridgehead atoms. The lowest BCUT2D eigenvalue weighted by molar-refractivity contribution is -0.148. The van der Waals surface area contributed by atoms with Crippen LogP contribution in [0.3, 0.4) is 0 Å². The van der Waals surface area contributed by atoms with Crippen LogP contribution in [0.15, 0.2) is 0 Å². The van der Waals surface area contributed by atoms with Crippen LogP contribution in [0, 0.1) is 5.92 Å². The number of hydrogen-bond donors (Lipinski definition) is 0. The van der Waals surface area contributed by atoms with Gasteiger partial charge in [0.05, 0.1) is 12.5 Å². The molecule has 1 heterocycles. The van der Waals surface area contributed by atoms with Gasteiger partial charge in [-0.05, 0) is 46.3 Å². The van der Waals surface area contributed by atoms with E-state index in [1.54, 1.807) is 0 Å². The number of rotatable bonds is 2. The first-order chi connectivity index (χ1) is 6.24. The van der Waals surface area contributed by atoms with Gasteiger partial charge in [-0.2, -0.15) is 0 Å². The van der Waals surface area contributed by atoms with Gasteiger partial charge in [0.1, 0.15) is 0 Å². The van der Waals surface area contributed by atoms with Crippen LogP contribution in [0.2, 0.25) is 0 Å². The summed E-state index contributed by atoms with van der Waals surface area (Å²) in [4.78, 5) is 13.7. The van der Waals surface area contributed by atoms with Crippen molar-refractivity contribution < 1.29 is 9.53 Å². The molecule has 0 aromatic rings. The number of esters is 1. The van der Waals surface area contributed by atoms with E-state index in [4.69, 9.17) is 4.74 Å². The monoisotopic (exact) mass is 185 g/mol. The highest BCUT2D eigenvalue weighted by Crippen LogP contribution is 2.17. The van der Waals surface area contributed by atoms with Crippen molar-refractivity contribution in [1.82, 2.24) is 4.90 Å². The summed E-state index contributed by atoms with van der Waals surface area (Å²) >= 11 is 0. The van der Waals surface area contributed by atoms with Crippen molar-refractivity contribution in [3.05, 3.63) is 0 Å². The third-order valence-corrected chi connectivity index (χ3v) is 2.57. The average molecular weight is 185 g/mol. The number of hydrogen-bond acceptors (Lipinski definition) is 3. The minimum absolute atomic E-state index is 0.00204. The first kappa shape index (κ1) is 10.5. The summed E-state index contributed by atoms with van der Waals surface area (Å²) in [5.74, 6) is 0.141. The molecule has 1 rings (SSSR count). The van der Waals surface area contributed by atoms with E-state index >= 15 is 0 Å². The quantitative estimate of drug-likeness (QED) is 0.607. The third-order valence-electron chi connectivity index (χ3n) is 2.57. The highest BCUT2D eigenvalue weighted by atomic mass is 16.5. The summed E-state index contributed by atoms with van der Waals surface area (Å²) in [5.41, 5.74) is 0. The van der Waals surface area contributed by atoms with Crippen LogP contribution in [0.4, 0.5) is 0 Å². The number of ether oxygens (including phenoxy) is 1. The number of carbonyl (C=O) groups excluding carboxylic acids is 1. The van der Waals surface area contributed by atoms with Gasteiger partial charge < -0.3 is 9.64 Å². The molecule has 0 N–H and O–H groups in total. The average Bonchev–Trinajstić information content (AvgIpc) is 2.30. The third kappa shape index (κ3) is 3.35. The zero-order valence-corrected chi connectivity index (χ0v) is 8.58. The van der Waals surface area contributed by atoms with Crippen molar-refractivity contribution in [2.24, 2.45) is 5.92 Å². The van der Waals surface area contributed by atoms with E-state index in [2.05, 4.69) is 11.9 Å². The number of nitrogens with zero attached hydrogens (tertiary/aromatic N) is 1. The second-order valence-corrected chi connectivity index (χ2v) is 3.68. The van der Waals surface area contributed by atoms with Crippen LogP contribution >= 0.6 is 0 Å². The molecule has 0 amide bonds. The molecule has 0 saturated carbocycles. The van der Waals surface area contributed by atoms with Gasteiger partial charge in [-0.25, -0.2) is 0 Å². The SMILES string of the molecule is CCOC(=O)C1CCCN(C)CC1. The van der Waals surface area contributed by atoms with E-state index in [-0.39, 0.29) is 11.9 Å². The first-order valence-corrected chi connectivity index (χ1v) is 5.09. The fraction of sp³-hybridized carbons (Fsp3) is 0.900. The zero-order valence-electron chi connectivity index (χ0n) is 8.58. The minimum atomic E-state index is -0.00204. The Labute approximate surface area is 80.1 Å². The molecule has 0 aromatic carbocycles.